The van der Waals surface area contributed by atoms with Crippen molar-refractivity contribution in [3.8, 4) is 16.9 Å². The topological polar surface area (TPSA) is 115 Å². The van der Waals surface area contributed by atoms with Gasteiger partial charge >= 0.3 is 12.0 Å². The van der Waals surface area contributed by atoms with E-state index in [2.05, 4.69) is 16.0 Å². The molecule has 0 aliphatic rings. The average molecular weight is 576 g/mol. The van der Waals surface area contributed by atoms with E-state index < -0.39 is 35.7 Å². The second-order valence-corrected chi connectivity index (χ2v) is 11.2. The fourth-order valence-corrected chi connectivity index (χ4v) is 4.88. The molecule has 0 heterocycles. The summed E-state index contributed by atoms with van der Waals surface area (Å²) in [6.45, 7) is 13.1. The number of hydrogen-bond donors (Lipinski definition) is 3. The Balaban J connectivity index is 2.01. The number of esters is 1. The van der Waals surface area contributed by atoms with Crippen molar-refractivity contribution < 1.29 is 28.6 Å². The lowest BCUT2D eigenvalue weighted by Gasteiger charge is -2.30. The van der Waals surface area contributed by atoms with Crippen LogP contribution in [-0.2, 0) is 14.3 Å². The first kappa shape index (κ1) is 32.1. The summed E-state index contributed by atoms with van der Waals surface area (Å²) in [5, 5.41) is 8.50. The van der Waals surface area contributed by atoms with Crippen LogP contribution in [0.15, 0.2) is 54.6 Å². The molecule has 224 valence electrons. The highest BCUT2D eigenvalue weighted by molar-refractivity contribution is 6.08. The van der Waals surface area contributed by atoms with Crippen molar-refractivity contribution in [2.24, 2.45) is 0 Å². The average Bonchev–Trinajstić information content (AvgIpc) is 2.92. The third-order valence-electron chi connectivity index (χ3n) is 6.60. The third-order valence-corrected chi connectivity index (χ3v) is 6.60. The summed E-state index contributed by atoms with van der Waals surface area (Å²) < 4.78 is 16.4. The Hall–Kier alpha value is -4.37. The van der Waals surface area contributed by atoms with Crippen LogP contribution in [0, 0.1) is 20.8 Å². The van der Waals surface area contributed by atoms with Crippen LogP contribution in [0.25, 0.3) is 11.1 Å². The Morgan fingerprint density at radius 1 is 0.857 bits per heavy atom. The second-order valence-electron chi connectivity index (χ2n) is 11.2. The van der Waals surface area contributed by atoms with Crippen LogP contribution in [0.4, 0.5) is 16.2 Å². The van der Waals surface area contributed by atoms with Gasteiger partial charge in [0.2, 0.25) is 0 Å². The number of anilines is 2. The first-order valence-electron chi connectivity index (χ1n) is 13.7. The lowest BCUT2D eigenvalue weighted by atomic mass is 10.0. The van der Waals surface area contributed by atoms with Crippen molar-refractivity contribution in [2.45, 2.75) is 66.2 Å². The van der Waals surface area contributed by atoms with Gasteiger partial charge < -0.3 is 30.2 Å². The SMILES string of the molecule is COC(=O)[C@@H](NC(=O)c1ccc(-c2ccccc2OC)cc1NC(=O)Nc1c(C)cc(C)cc1C)C(C)OC(C)(C)C. The smallest absolute Gasteiger partial charge is 0.331 e. The van der Waals surface area contributed by atoms with Crippen molar-refractivity contribution in [3.05, 3.63) is 76.9 Å². The molecule has 42 heavy (non-hydrogen) atoms. The van der Waals surface area contributed by atoms with E-state index in [0.29, 0.717) is 11.4 Å². The Morgan fingerprint density at radius 2 is 1.50 bits per heavy atom. The Labute approximate surface area is 247 Å². The van der Waals surface area contributed by atoms with Crippen molar-refractivity contribution >= 4 is 29.3 Å². The van der Waals surface area contributed by atoms with Gasteiger partial charge in [0.05, 0.1) is 37.2 Å². The molecule has 0 saturated carbocycles. The molecule has 3 N–H and O–H groups in total. The zero-order chi connectivity index (χ0) is 31.2. The molecule has 1 unspecified atom stereocenters. The van der Waals surface area contributed by atoms with Gasteiger partial charge in [-0.1, -0.05) is 42.0 Å². The first-order chi connectivity index (χ1) is 19.7. The zero-order valence-electron chi connectivity index (χ0n) is 25.8. The number of rotatable bonds is 9. The van der Waals surface area contributed by atoms with Crippen LogP contribution in [0.5, 0.6) is 5.75 Å². The molecule has 0 saturated heterocycles. The summed E-state index contributed by atoms with van der Waals surface area (Å²) >= 11 is 0. The van der Waals surface area contributed by atoms with Crippen LogP contribution in [0.3, 0.4) is 0 Å². The van der Waals surface area contributed by atoms with Crippen molar-refractivity contribution in [1.82, 2.24) is 5.32 Å². The van der Waals surface area contributed by atoms with Gasteiger partial charge in [-0.15, -0.1) is 0 Å². The van der Waals surface area contributed by atoms with Gasteiger partial charge in [0.15, 0.2) is 6.04 Å². The highest BCUT2D eigenvalue weighted by Gasteiger charge is 2.32. The fourth-order valence-electron chi connectivity index (χ4n) is 4.88. The first-order valence-corrected chi connectivity index (χ1v) is 13.7. The predicted molar refractivity (Wildman–Crippen MR) is 165 cm³/mol. The Bertz CT molecular complexity index is 1440. The van der Waals surface area contributed by atoms with E-state index in [1.54, 1.807) is 32.2 Å². The van der Waals surface area contributed by atoms with Gasteiger partial charge in [-0.3, -0.25) is 4.79 Å². The van der Waals surface area contributed by atoms with Crippen molar-refractivity contribution in [3.63, 3.8) is 0 Å². The van der Waals surface area contributed by atoms with Gasteiger partial charge in [-0.2, -0.15) is 0 Å². The molecule has 3 rings (SSSR count). The molecule has 9 heteroatoms. The summed E-state index contributed by atoms with van der Waals surface area (Å²) in [4.78, 5) is 39.6. The predicted octanol–water partition coefficient (Wildman–Crippen LogP) is 6.41. The molecule has 3 amide bonds. The highest BCUT2D eigenvalue weighted by atomic mass is 16.5. The van der Waals surface area contributed by atoms with Crippen LogP contribution >= 0.6 is 0 Å². The molecule has 0 radical (unpaired) electrons. The molecular formula is C33H41N3O6. The highest BCUT2D eigenvalue weighted by Crippen LogP contribution is 2.33. The van der Waals surface area contributed by atoms with E-state index in [-0.39, 0.29) is 11.3 Å². The second kappa shape index (κ2) is 13.5. The number of benzene rings is 3. The number of nitrogens with one attached hydrogen (secondary N) is 3. The molecule has 0 bridgehead atoms. The molecule has 0 spiro atoms. The van der Waals surface area contributed by atoms with Crippen LogP contribution in [0.1, 0.15) is 54.7 Å². The summed E-state index contributed by atoms with van der Waals surface area (Å²) in [5.41, 5.74) is 4.92. The van der Waals surface area contributed by atoms with Gasteiger partial charge in [-0.05, 0) is 83.4 Å². The van der Waals surface area contributed by atoms with Crippen molar-refractivity contribution in [1.29, 1.82) is 0 Å². The normalized spacial score (nSPS) is 12.6. The van der Waals surface area contributed by atoms with E-state index in [4.69, 9.17) is 14.2 Å². The number of amides is 3. The molecule has 3 aromatic rings. The summed E-state index contributed by atoms with van der Waals surface area (Å²) in [6.07, 6.45) is -0.693. The molecule has 3 aromatic carbocycles. The van der Waals surface area contributed by atoms with E-state index in [1.165, 1.54) is 7.11 Å². The standard InChI is InChI=1S/C33H41N3O6/c1-19-16-20(2)28(21(3)17-19)36-32(39)34-26-18-23(24-12-10-11-13-27(24)40-8)14-15-25(26)30(37)35-29(31(38)41-9)22(4)42-33(5,6)7/h10-18,22,29H,1-9H3,(H,35,37)(H2,34,36,39)/t22?,29-/m0/s1. The number of ether oxygens (including phenoxy) is 3. The maximum absolute atomic E-state index is 13.7. The summed E-state index contributed by atoms with van der Waals surface area (Å²) in [5.74, 6) is -0.599. The number of urea groups is 1. The van der Waals surface area contributed by atoms with Crippen LogP contribution < -0.4 is 20.7 Å². The maximum atomic E-state index is 13.7. The van der Waals surface area contributed by atoms with Crippen molar-refractivity contribution in [2.75, 3.05) is 24.9 Å². The molecule has 0 aliphatic heterocycles. The number of hydrogen-bond acceptors (Lipinski definition) is 6. The molecule has 0 fully saturated rings. The molecule has 0 aliphatic carbocycles. The van der Waals surface area contributed by atoms with Gasteiger partial charge in [0, 0.05) is 11.3 Å². The van der Waals surface area contributed by atoms with Crippen LogP contribution in [-0.4, -0.2) is 49.9 Å². The van der Waals surface area contributed by atoms with E-state index in [9.17, 15) is 14.4 Å². The van der Waals surface area contributed by atoms with Crippen LogP contribution in [0.2, 0.25) is 0 Å². The summed E-state index contributed by atoms with van der Waals surface area (Å²) in [7, 11) is 2.83. The monoisotopic (exact) mass is 575 g/mol. The number of aryl methyl sites for hydroxylation is 3. The van der Waals surface area contributed by atoms with E-state index in [1.807, 2.05) is 77.9 Å². The molecule has 9 nitrogen and oxygen atoms in total. The largest absolute Gasteiger partial charge is 0.496 e. The van der Waals surface area contributed by atoms with Gasteiger partial charge in [-0.25, -0.2) is 9.59 Å². The lowest BCUT2D eigenvalue weighted by Crippen LogP contribution is -2.51. The number of carbonyl (C=O) groups excluding carboxylic acids is 3. The number of carbonyl (C=O) groups is 3. The van der Waals surface area contributed by atoms with E-state index in [0.717, 1.165) is 27.8 Å². The zero-order valence-corrected chi connectivity index (χ0v) is 25.8. The van der Waals surface area contributed by atoms with Gasteiger partial charge in [0.1, 0.15) is 5.75 Å². The Morgan fingerprint density at radius 3 is 2.10 bits per heavy atom. The number of methoxy groups -OCH3 is 2. The van der Waals surface area contributed by atoms with E-state index >= 15 is 0 Å². The third kappa shape index (κ3) is 8.10. The minimum atomic E-state index is -1.09. The molecule has 2 atom stereocenters. The molecule has 0 aromatic heterocycles. The fraction of sp³-hybridized carbons (Fsp3) is 0.364. The Kier molecular flexibility index (Phi) is 10.4. The lowest BCUT2D eigenvalue weighted by molar-refractivity contribution is -0.150. The minimum Gasteiger partial charge on any atom is -0.496 e. The quantitative estimate of drug-likeness (QED) is 0.254. The van der Waals surface area contributed by atoms with Gasteiger partial charge in [0.25, 0.3) is 5.91 Å². The number of para-hydroxylation sites is 1. The minimum absolute atomic E-state index is 0.151. The maximum Gasteiger partial charge on any atom is 0.331 e. The summed E-state index contributed by atoms with van der Waals surface area (Å²) in [6, 6.07) is 14.9. The molecular weight excluding hydrogens is 534 g/mol.